The van der Waals surface area contributed by atoms with Gasteiger partial charge in [-0.05, 0) is 127 Å². The zero-order valence-electron chi connectivity index (χ0n) is 26.9. The first-order valence-corrected chi connectivity index (χ1v) is 19.0. The molecule has 2 aromatic rings. The monoisotopic (exact) mass is 615 g/mol. The van der Waals surface area contributed by atoms with Crippen LogP contribution in [0.5, 0.6) is 5.75 Å². The molecule has 4 bridgehead atoms. The van der Waals surface area contributed by atoms with Crippen molar-refractivity contribution in [3.63, 3.8) is 0 Å². The average Bonchev–Trinajstić information content (AvgIpc) is 3.26. The summed E-state index contributed by atoms with van der Waals surface area (Å²) in [7, 11) is -0.285. The lowest BCUT2D eigenvalue weighted by Gasteiger charge is -2.51. The van der Waals surface area contributed by atoms with Crippen molar-refractivity contribution in [2.75, 3.05) is 7.11 Å². The number of rotatable bonds is 8. The van der Waals surface area contributed by atoms with Gasteiger partial charge in [0.25, 0.3) is 11.8 Å². The van der Waals surface area contributed by atoms with E-state index in [-0.39, 0.29) is 23.4 Å². The molecule has 0 aromatic heterocycles. The number of ether oxygens (including phenoxy) is 1. The largest absolute Gasteiger partial charge is 0.543 e. The van der Waals surface area contributed by atoms with E-state index in [1.807, 2.05) is 19.2 Å². The number of amides is 2. The molecule has 4 saturated carbocycles. The molecule has 7 rings (SSSR count). The van der Waals surface area contributed by atoms with Crippen LogP contribution in [0.3, 0.4) is 0 Å². The highest BCUT2D eigenvalue weighted by atomic mass is 28.4. The van der Waals surface area contributed by atoms with Gasteiger partial charge in [0.05, 0.1) is 12.7 Å². The summed E-state index contributed by atoms with van der Waals surface area (Å²) in [6.07, 6.45) is 7.34. The van der Waals surface area contributed by atoms with E-state index in [1.54, 1.807) is 12.1 Å². The summed E-state index contributed by atoms with van der Waals surface area (Å²) in [5, 5.41) is 0.638. The molecule has 0 unspecified atom stereocenters. The fourth-order valence-electron chi connectivity index (χ4n) is 7.65. The van der Waals surface area contributed by atoms with Crippen molar-refractivity contribution in [2.24, 2.45) is 23.7 Å². The molecular formula is C36H45NO6Si. The number of hydrogen-bond donors (Lipinski definition) is 0. The van der Waals surface area contributed by atoms with E-state index in [9.17, 15) is 14.4 Å². The Balaban J connectivity index is 1.30. The van der Waals surface area contributed by atoms with Crippen LogP contribution in [0, 0.1) is 23.7 Å². The maximum atomic E-state index is 12.6. The Hall–Kier alpha value is -3.39. The first-order valence-electron chi connectivity index (χ1n) is 16.1. The van der Waals surface area contributed by atoms with Gasteiger partial charge in [0.1, 0.15) is 11.5 Å². The van der Waals surface area contributed by atoms with Crippen molar-refractivity contribution in [3.8, 4) is 5.75 Å². The van der Waals surface area contributed by atoms with Gasteiger partial charge in [-0.3, -0.25) is 9.59 Å². The molecule has 1 aliphatic heterocycles. The average molecular weight is 616 g/mol. The SMILES string of the molecule is COC(=C1C2CC3CC(C2)CC1C3)c1cc(Cc2ccc(C(=O)ON3C(=O)CCC3=O)cc2)cc(O[Si](C)(C)C(C)(C)C)c1. The van der Waals surface area contributed by atoms with Gasteiger partial charge in [0, 0.05) is 18.4 Å². The summed E-state index contributed by atoms with van der Waals surface area (Å²) in [5.41, 5.74) is 5.02. The Kier molecular flexibility index (Phi) is 8.01. The standard InChI is InChI=1S/C36H45NO6Si/c1-36(2,3)44(5,6)43-30-20-25(13-22-7-9-26(10-8-22)35(40)42-37-31(38)11-12-32(37)39)19-29(21-30)34(41-4)33-27-15-23-14-24(17-27)18-28(33)16-23/h7-10,19-21,23-24,27-28H,11-18H2,1-6H3. The number of allylic oxidation sites excluding steroid dienone is 1. The van der Waals surface area contributed by atoms with Crippen LogP contribution in [-0.4, -0.2) is 38.3 Å². The van der Waals surface area contributed by atoms with Gasteiger partial charge in [-0.15, -0.1) is 5.06 Å². The molecule has 0 radical (unpaired) electrons. The Bertz CT molecular complexity index is 1460. The molecule has 1 saturated heterocycles. The van der Waals surface area contributed by atoms with Gasteiger partial charge in [0.2, 0.25) is 8.32 Å². The maximum Gasteiger partial charge on any atom is 0.363 e. The fraction of sp³-hybridized carbons (Fsp3) is 0.528. The number of carbonyl (C=O) groups excluding carboxylic acids is 3. The van der Waals surface area contributed by atoms with Gasteiger partial charge >= 0.3 is 5.97 Å². The van der Waals surface area contributed by atoms with Crippen LogP contribution in [0.4, 0.5) is 0 Å². The predicted molar refractivity (Wildman–Crippen MR) is 171 cm³/mol. The van der Waals surface area contributed by atoms with E-state index in [2.05, 4.69) is 52.1 Å². The van der Waals surface area contributed by atoms with Crippen molar-refractivity contribution >= 4 is 31.9 Å². The van der Waals surface area contributed by atoms with E-state index in [0.717, 1.165) is 40.0 Å². The third-order valence-electron chi connectivity index (χ3n) is 10.7. The van der Waals surface area contributed by atoms with Gasteiger partial charge in [-0.25, -0.2) is 4.79 Å². The second-order valence-corrected chi connectivity index (χ2v) is 19.6. The minimum Gasteiger partial charge on any atom is -0.543 e. The van der Waals surface area contributed by atoms with E-state index >= 15 is 0 Å². The molecule has 0 N–H and O–H groups in total. The second-order valence-electron chi connectivity index (χ2n) is 14.9. The molecule has 2 aromatic carbocycles. The molecular weight excluding hydrogens is 570 g/mol. The molecule has 0 spiro atoms. The Labute approximate surface area is 262 Å². The lowest BCUT2D eigenvalue weighted by molar-refractivity contribution is -0.172. The molecule has 4 aliphatic carbocycles. The van der Waals surface area contributed by atoms with Crippen molar-refractivity contribution in [2.45, 2.75) is 90.3 Å². The quantitative estimate of drug-likeness (QED) is 0.172. The lowest BCUT2D eigenvalue weighted by Crippen LogP contribution is -2.43. The zero-order chi connectivity index (χ0) is 31.4. The molecule has 0 atom stereocenters. The maximum absolute atomic E-state index is 12.6. The summed E-state index contributed by atoms with van der Waals surface area (Å²) < 4.78 is 13.1. The summed E-state index contributed by atoms with van der Waals surface area (Å²) >= 11 is 0. The summed E-state index contributed by atoms with van der Waals surface area (Å²) in [6, 6.07) is 13.7. The second kappa shape index (κ2) is 11.5. The Morgan fingerprint density at radius 2 is 1.43 bits per heavy atom. The van der Waals surface area contributed by atoms with Gasteiger partial charge in [-0.2, -0.15) is 0 Å². The predicted octanol–water partition coefficient (Wildman–Crippen LogP) is 7.70. The number of nitrogens with zero attached hydrogens (tertiary/aromatic N) is 1. The number of carbonyl (C=O) groups is 3. The first-order chi connectivity index (χ1) is 20.8. The molecule has 5 fully saturated rings. The van der Waals surface area contributed by atoms with E-state index < -0.39 is 26.1 Å². The van der Waals surface area contributed by atoms with E-state index in [1.165, 1.54) is 37.7 Å². The lowest BCUT2D eigenvalue weighted by atomic mass is 9.54. The van der Waals surface area contributed by atoms with E-state index in [4.69, 9.17) is 14.0 Å². The van der Waals surface area contributed by atoms with Gasteiger partial charge < -0.3 is 14.0 Å². The number of hydrogen-bond acceptors (Lipinski definition) is 6. The summed E-state index contributed by atoms with van der Waals surface area (Å²) in [4.78, 5) is 41.4. The van der Waals surface area contributed by atoms with Crippen molar-refractivity contribution < 1.29 is 28.4 Å². The van der Waals surface area contributed by atoms with Crippen LogP contribution in [0.1, 0.15) is 92.8 Å². The van der Waals surface area contributed by atoms with Crippen molar-refractivity contribution in [1.82, 2.24) is 5.06 Å². The van der Waals surface area contributed by atoms with E-state index in [0.29, 0.717) is 23.3 Å². The van der Waals surface area contributed by atoms with Crippen molar-refractivity contribution in [3.05, 3.63) is 70.3 Å². The third kappa shape index (κ3) is 5.97. The molecule has 44 heavy (non-hydrogen) atoms. The highest BCUT2D eigenvalue weighted by Crippen LogP contribution is 2.58. The molecule has 234 valence electrons. The number of hydroxylamine groups is 2. The highest BCUT2D eigenvalue weighted by Gasteiger charge is 2.47. The number of methoxy groups -OCH3 is 1. The number of benzene rings is 2. The molecule has 8 heteroatoms. The fourth-order valence-corrected chi connectivity index (χ4v) is 8.67. The molecule has 5 aliphatic rings. The molecule has 1 heterocycles. The van der Waals surface area contributed by atoms with Crippen molar-refractivity contribution in [1.29, 1.82) is 0 Å². The van der Waals surface area contributed by atoms with Crippen LogP contribution in [0.15, 0.2) is 48.0 Å². The molecule has 7 nitrogen and oxygen atoms in total. The third-order valence-corrected chi connectivity index (χ3v) is 15.0. The van der Waals surface area contributed by atoms with Crippen LogP contribution >= 0.6 is 0 Å². The highest BCUT2D eigenvalue weighted by molar-refractivity contribution is 6.74. The topological polar surface area (TPSA) is 82.1 Å². The van der Waals surface area contributed by atoms with Gasteiger partial charge in [0.15, 0.2) is 0 Å². The van der Waals surface area contributed by atoms with Crippen LogP contribution < -0.4 is 4.43 Å². The normalized spacial score (nSPS) is 24.6. The Morgan fingerprint density at radius 1 is 0.841 bits per heavy atom. The first kappa shape index (κ1) is 30.6. The zero-order valence-corrected chi connectivity index (χ0v) is 27.9. The van der Waals surface area contributed by atoms with Gasteiger partial charge in [-0.1, -0.05) is 32.9 Å². The molecule has 2 amide bonds. The smallest absolute Gasteiger partial charge is 0.363 e. The minimum atomic E-state index is -2.10. The number of imide groups is 1. The Morgan fingerprint density at radius 3 is 1.98 bits per heavy atom. The summed E-state index contributed by atoms with van der Waals surface area (Å²) in [6.45, 7) is 11.3. The minimum absolute atomic E-state index is 0.0574. The van der Waals surface area contributed by atoms with Crippen LogP contribution in [0.2, 0.25) is 18.1 Å². The summed E-state index contributed by atoms with van der Waals surface area (Å²) in [5.74, 6) is 3.19. The van der Waals surface area contributed by atoms with Crippen LogP contribution in [-0.2, 0) is 25.6 Å². The van der Waals surface area contributed by atoms with Crippen LogP contribution in [0.25, 0.3) is 5.76 Å².